The van der Waals surface area contributed by atoms with Crippen molar-refractivity contribution in [3.63, 3.8) is 0 Å². The molecule has 5 nitrogen and oxygen atoms in total. The number of hydrogen-bond donors (Lipinski definition) is 2. The van der Waals surface area contributed by atoms with E-state index in [0.717, 1.165) is 25.1 Å². The summed E-state index contributed by atoms with van der Waals surface area (Å²) in [4.78, 5) is 14.5. The van der Waals surface area contributed by atoms with Crippen molar-refractivity contribution in [2.24, 2.45) is 5.92 Å². The summed E-state index contributed by atoms with van der Waals surface area (Å²) in [6, 6.07) is 0.383. The average Bonchev–Trinajstić information content (AvgIpc) is 3.08. The largest absolute Gasteiger partial charge is 0.395 e. The van der Waals surface area contributed by atoms with Gasteiger partial charge >= 0.3 is 0 Å². The first-order valence-electron chi connectivity index (χ1n) is 7.06. The zero-order valence-electron chi connectivity index (χ0n) is 12.2. The van der Waals surface area contributed by atoms with Crippen LogP contribution in [0, 0.1) is 5.92 Å². The van der Waals surface area contributed by atoms with Gasteiger partial charge in [-0.05, 0) is 24.7 Å². The predicted octanol–water partition coefficient (Wildman–Crippen LogP) is 2.38. The lowest BCUT2D eigenvalue weighted by Crippen LogP contribution is -2.36. The van der Waals surface area contributed by atoms with E-state index in [4.69, 9.17) is 5.73 Å². The van der Waals surface area contributed by atoms with Crippen molar-refractivity contribution in [2.75, 3.05) is 12.3 Å². The van der Waals surface area contributed by atoms with Gasteiger partial charge in [-0.25, -0.2) is 0 Å². The molecule has 0 aliphatic heterocycles. The predicted molar refractivity (Wildman–Crippen MR) is 76.0 cm³/mol. The fourth-order valence-corrected chi connectivity index (χ4v) is 2.28. The number of rotatable bonds is 5. The molecule has 1 saturated carbocycles. The summed E-state index contributed by atoms with van der Waals surface area (Å²) in [6.45, 7) is 9.08. The van der Waals surface area contributed by atoms with E-state index in [-0.39, 0.29) is 11.8 Å². The lowest BCUT2D eigenvalue weighted by atomic mass is 10.1. The van der Waals surface area contributed by atoms with Crippen molar-refractivity contribution in [3.8, 4) is 0 Å². The maximum absolute atomic E-state index is 12.6. The lowest BCUT2D eigenvalue weighted by Gasteiger charge is -2.23. The summed E-state index contributed by atoms with van der Waals surface area (Å²) < 4.78 is 0. The molecule has 1 fully saturated rings. The minimum Gasteiger partial charge on any atom is -0.395 e. The van der Waals surface area contributed by atoms with E-state index < -0.39 is 0 Å². The van der Waals surface area contributed by atoms with Crippen molar-refractivity contribution >= 4 is 11.6 Å². The van der Waals surface area contributed by atoms with Gasteiger partial charge in [-0.15, -0.1) is 0 Å². The first-order valence-corrected chi connectivity index (χ1v) is 7.06. The third-order valence-corrected chi connectivity index (χ3v) is 3.42. The molecule has 5 heteroatoms. The number of carbonyl (C=O) groups is 1. The summed E-state index contributed by atoms with van der Waals surface area (Å²) in [7, 11) is 0. The van der Waals surface area contributed by atoms with Crippen LogP contribution in [0.3, 0.4) is 0 Å². The third kappa shape index (κ3) is 2.91. The molecule has 0 aromatic carbocycles. The van der Waals surface area contributed by atoms with Crippen LogP contribution in [0.5, 0.6) is 0 Å². The molecule has 1 aromatic rings. The van der Waals surface area contributed by atoms with Crippen LogP contribution in [0.25, 0.3) is 0 Å². The molecule has 1 aliphatic carbocycles. The number of aromatic amines is 1. The van der Waals surface area contributed by atoms with Crippen LogP contribution in [-0.4, -0.2) is 33.6 Å². The average molecular weight is 264 g/mol. The minimum absolute atomic E-state index is 0.0307. The molecule has 0 bridgehead atoms. The second-order valence-electron chi connectivity index (χ2n) is 6.14. The van der Waals surface area contributed by atoms with Crippen molar-refractivity contribution in [1.82, 2.24) is 15.1 Å². The Morgan fingerprint density at radius 3 is 2.47 bits per heavy atom. The van der Waals surface area contributed by atoms with Gasteiger partial charge < -0.3 is 10.6 Å². The smallest absolute Gasteiger partial charge is 0.276 e. The van der Waals surface area contributed by atoms with Crippen molar-refractivity contribution in [2.45, 2.75) is 52.5 Å². The van der Waals surface area contributed by atoms with Gasteiger partial charge in [0.05, 0.1) is 11.4 Å². The van der Waals surface area contributed by atoms with Gasteiger partial charge in [0.15, 0.2) is 5.69 Å². The Kier molecular flexibility index (Phi) is 3.83. The number of anilines is 1. The number of nitrogens with one attached hydrogen (secondary N) is 1. The van der Waals surface area contributed by atoms with Gasteiger partial charge in [0, 0.05) is 12.6 Å². The molecule has 106 valence electrons. The highest BCUT2D eigenvalue weighted by Crippen LogP contribution is 2.31. The Hall–Kier alpha value is -1.52. The van der Waals surface area contributed by atoms with Gasteiger partial charge in [0.2, 0.25) is 0 Å². The quantitative estimate of drug-likeness (QED) is 0.857. The molecule has 0 saturated heterocycles. The molecule has 3 N–H and O–H groups in total. The molecule has 0 radical (unpaired) electrons. The van der Waals surface area contributed by atoms with Crippen molar-refractivity contribution < 1.29 is 4.79 Å². The Bertz CT molecular complexity index is 460. The number of carbonyl (C=O) groups excluding carboxylic acids is 1. The number of hydrogen-bond acceptors (Lipinski definition) is 3. The number of nitrogen functional groups attached to an aromatic ring is 1. The summed E-state index contributed by atoms with van der Waals surface area (Å²) in [6.07, 6.45) is 2.19. The highest BCUT2D eigenvalue weighted by Gasteiger charge is 2.35. The number of nitrogens with two attached hydrogens (primary N) is 1. The van der Waals surface area contributed by atoms with E-state index in [2.05, 4.69) is 24.0 Å². The molecular weight excluding hydrogens is 240 g/mol. The molecule has 0 atom stereocenters. The molecule has 1 heterocycles. The summed E-state index contributed by atoms with van der Waals surface area (Å²) in [5, 5.41) is 7.03. The highest BCUT2D eigenvalue weighted by molar-refractivity contribution is 5.98. The molecule has 2 rings (SSSR count). The number of H-pyrrole nitrogens is 1. The Morgan fingerprint density at radius 1 is 1.42 bits per heavy atom. The maximum Gasteiger partial charge on any atom is 0.276 e. The van der Waals surface area contributed by atoms with Crippen LogP contribution >= 0.6 is 0 Å². The van der Waals surface area contributed by atoms with Crippen LogP contribution in [0.4, 0.5) is 5.69 Å². The van der Waals surface area contributed by atoms with Gasteiger partial charge in [-0.1, -0.05) is 27.7 Å². The van der Waals surface area contributed by atoms with E-state index in [9.17, 15) is 4.79 Å². The second-order valence-corrected chi connectivity index (χ2v) is 6.14. The van der Waals surface area contributed by atoms with Crippen LogP contribution in [0.1, 0.15) is 62.6 Å². The monoisotopic (exact) mass is 264 g/mol. The number of nitrogens with zero attached hydrogens (tertiary/aromatic N) is 2. The van der Waals surface area contributed by atoms with Crippen LogP contribution < -0.4 is 5.73 Å². The van der Waals surface area contributed by atoms with Crippen LogP contribution in [0.15, 0.2) is 0 Å². The Morgan fingerprint density at radius 2 is 2.05 bits per heavy atom. The summed E-state index contributed by atoms with van der Waals surface area (Å²) in [5.74, 6) is 0.666. The summed E-state index contributed by atoms with van der Waals surface area (Å²) in [5.41, 5.74) is 7.80. The topological polar surface area (TPSA) is 75.0 Å². The normalized spacial score (nSPS) is 15.3. The third-order valence-electron chi connectivity index (χ3n) is 3.42. The van der Waals surface area contributed by atoms with E-state index >= 15 is 0 Å². The van der Waals surface area contributed by atoms with Gasteiger partial charge in [-0.3, -0.25) is 9.89 Å². The Labute approximate surface area is 114 Å². The Balaban J connectivity index is 2.21. The number of aromatic nitrogens is 2. The fraction of sp³-hybridized carbons (Fsp3) is 0.714. The molecule has 1 amide bonds. The standard InChI is InChI=1S/C14H24N4O/c1-8(2)7-18(10-5-6-10)14(19)13-11(15)12(9(3)4)16-17-13/h8-10H,5-7,15H2,1-4H3,(H,16,17). The van der Waals surface area contributed by atoms with Crippen molar-refractivity contribution in [1.29, 1.82) is 0 Å². The molecule has 19 heavy (non-hydrogen) atoms. The first-order chi connectivity index (χ1) is 8.91. The second kappa shape index (κ2) is 5.23. The zero-order chi connectivity index (χ0) is 14.2. The molecule has 1 aliphatic rings. The van der Waals surface area contributed by atoms with Crippen molar-refractivity contribution in [3.05, 3.63) is 11.4 Å². The molecule has 1 aromatic heterocycles. The molecule has 0 unspecified atom stereocenters. The van der Waals surface area contributed by atoms with Gasteiger partial charge in [-0.2, -0.15) is 5.10 Å². The maximum atomic E-state index is 12.6. The highest BCUT2D eigenvalue weighted by atomic mass is 16.2. The minimum atomic E-state index is -0.0307. The molecule has 0 spiro atoms. The first kappa shape index (κ1) is 13.9. The van der Waals surface area contributed by atoms with E-state index in [0.29, 0.717) is 23.3 Å². The van der Waals surface area contributed by atoms with Crippen LogP contribution in [0.2, 0.25) is 0 Å². The zero-order valence-corrected chi connectivity index (χ0v) is 12.2. The lowest BCUT2D eigenvalue weighted by molar-refractivity contribution is 0.0717. The van der Waals surface area contributed by atoms with Gasteiger partial charge in [0.1, 0.15) is 0 Å². The van der Waals surface area contributed by atoms with E-state index in [1.165, 1.54) is 0 Å². The van der Waals surface area contributed by atoms with E-state index in [1.807, 2.05) is 18.7 Å². The summed E-state index contributed by atoms with van der Waals surface area (Å²) >= 11 is 0. The molecular formula is C14H24N4O. The van der Waals surface area contributed by atoms with Gasteiger partial charge in [0.25, 0.3) is 5.91 Å². The SMILES string of the molecule is CC(C)CN(C(=O)c1n[nH]c(C(C)C)c1N)C1CC1. The van der Waals surface area contributed by atoms with Crippen LogP contribution in [-0.2, 0) is 0 Å². The van der Waals surface area contributed by atoms with E-state index in [1.54, 1.807) is 0 Å². The fourth-order valence-electron chi connectivity index (χ4n) is 2.28. The number of amides is 1.